The molecule has 2 rings (SSSR count). The molecule has 2 N–H and O–H groups in total. The van der Waals surface area contributed by atoms with E-state index in [1.165, 1.54) is 44.9 Å². The third kappa shape index (κ3) is 8.46. The third-order valence-electron chi connectivity index (χ3n) is 5.07. The van der Waals surface area contributed by atoms with E-state index in [0.29, 0.717) is 12.3 Å². The maximum atomic E-state index is 12.3. The molecule has 0 unspecified atom stereocenters. The molecule has 1 aliphatic rings. The zero-order valence-corrected chi connectivity index (χ0v) is 16.6. The van der Waals surface area contributed by atoms with Gasteiger partial charge in [0.05, 0.1) is 6.61 Å². The number of carbonyl (C=O) groups is 2. The van der Waals surface area contributed by atoms with Gasteiger partial charge in [-0.3, -0.25) is 9.59 Å². The van der Waals surface area contributed by atoms with Crippen LogP contribution in [0.5, 0.6) is 5.75 Å². The molecule has 0 aromatic heterocycles. The summed E-state index contributed by atoms with van der Waals surface area (Å²) >= 11 is 0. The number of carbonyl (C=O) groups excluding carboxylic acids is 2. The number of anilines is 1. The van der Waals surface area contributed by atoms with Crippen molar-refractivity contribution in [1.29, 1.82) is 0 Å². The molecule has 5 heteroatoms. The maximum absolute atomic E-state index is 12.3. The first-order chi connectivity index (χ1) is 13.2. The van der Waals surface area contributed by atoms with Crippen molar-refractivity contribution in [2.45, 2.75) is 83.6 Å². The Bertz CT molecular complexity index is 559. The molecule has 0 bridgehead atoms. The Hall–Kier alpha value is -2.04. The second-order valence-corrected chi connectivity index (χ2v) is 7.34. The first kappa shape index (κ1) is 21.3. The zero-order chi connectivity index (χ0) is 19.3. The standard InChI is InChI=1S/C22H34N2O3/c1-2-27-20-16-14-19(15-17-20)24-22(26)21(25)23-18-12-10-8-6-4-3-5-7-9-11-13-18/h14-18H,2-13H2,1H3,(H,23,25)(H,24,26). The van der Waals surface area contributed by atoms with E-state index in [1.807, 2.05) is 6.92 Å². The topological polar surface area (TPSA) is 67.4 Å². The highest BCUT2D eigenvalue weighted by Crippen LogP contribution is 2.18. The Morgan fingerprint density at radius 1 is 0.852 bits per heavy atom. The van der Waals surface area contributed by atoms with Crippen molar-refractivity contribution < 1.29 is 14.3 Å². The van der Waals surface area contributed by atoms with E-state index in [2.05, 4.69) is 10.6 Å². The molecule has 1 aromatic rings. The van der Waals surface area contributed by atoms with Crippen LogP contribution < -0.4 is 15.4 Å². The number of rotatable bonds is 4. The molecule has 0 heterocycles. The lowest BCUT2D eigenvalue weighted by molar-refractivity contribution is -0.136. The Morgan fingerprint density at radius 3 is 1.89 bits per heavy atom. The first-order valence-electron chi connectivity index (χ1n) is 10.5. The zero-order valence-electron chi connectivity index (χ0n) is 16.6. The SMILES string of the molecule is CCOc1ccc(NC(=O)C(=O)NC2CCCCCCCCCCC2)cc1. The van der Waals surface area contributed by atoms with E-state index >= 15 is 0 Å². The van der Waals surface area contributed by atoms with Crippen LogP contribution in [0.2, 0.25) is 0 Å². The van der Waals surface area contributed by atoms with Gasteiger partial charge in [0.2, 0.25) is 0 Å². The average molecular weight is 375 g/mol. The van der Waals surface area contributed by atoms with Gasteiger partial charge in [-0.25, -0.2) is 0 Å². The lowest BCUT2D eigenvalue weighted by atomic mass is 9.98. The second-order valence-electron chi connectivity index (χ2n) is 7.34. The second kappa shape index (κ2) is 12.4. The maximum Gasteiger partial charge on any atom is 0.313 e. The van der Waals surface area contributed by atoms with Crippen molar-refractivity contribution >= 4 is 17.5 Å². The quantitative estimate of drug-likeness (QED) is 0.743. The van der Waals surface area contributed by atoms with Gasteiger partial charge >= 0.3 is 11.8 Å². The Kier molecular flexibility index (Phi) is 9.74. The fourth-order valence-electron chi connectivity index (χ4n) is 3.55. The van der Waals surface area contributed by atoms with Crippen LogP contribution in [0.3, 0.4) is 0 Å². The smallest absolute Gasteiger partial charge is 0.313 e. The molecule has 1 aliphatic carbocycles. The number of nitrogens with one attached hydrogen (secondary N) is 2. The highest BCUT2D eigenvalue weighted by molar-refractivity contribution is 6.39. The molecule has 5 nitrogen and oxygen atoms in total. The molecule has 0 atom stereocenters. The molecule has 0 saturated heterocycles. The number of benzene rings is 1. The van der Waals surface area contributed by atoms with Crippen LogP contribution in [0.1, 0.15) is 77.6 Å². The van der Waals surface area contributed by atoms with Crippen LogP contribution in [0.4, 0.5) is 5.69 Å². The van der Waals surface area contributed by atoms with E-state index in [4.69, 9.17) is 4.74 Å². The van der Waals surface area contributed by atoms with Crippen molar-refractivity contribution in [2.24, 2.45) is 0 Å². The molecule has 150 valence electrons. The molecule has 0 aliphatic heterocycles. The minimum absolute atomic E-state index is 0.100. The lowest BCUT2D eigenvalue weighted by Gasteiger charge is -2.19. The molecule has 0 radical (unpaired) electrons. The first-order valence-corrected chi connectivity index (χ1v) is 10.5. The summed E-state index contributed by atoms with van der Waals surface area (Å²) in [6.07, 6.45) is 13.1. The van der Waals surface area contributed by atoms with Gasteiger partial charge in [-0.1, -0.05) is 57.8 Å². The summed E-state index contributed by atoms with van der Waals surface area (Å²) in [6.45, 7) is 2.51. The normalized spacial score (nSPS) is 17.2. The van der Waals surface area contributed by atoms with Crippen LogP contribution in [-0.2, 0) is 9.59 Å². The molecular weight excluding hydrogens is 340 g/mol. The van der Waals surface area contributed by atoms with Crippen molar-refractivity contribution in [3.05, 3.63) is 24.3 Å². The van der Waals surface area contributed by atoms with E-state index in [-0.39, 0.29) is 6.04 Å². The monoisotopic (exact) mass is 374 g/mol. The van der Waals surface area contributed by atoms with Gasteiger partial charge in [-0.05, 0) is 44.0 Å². The van der Waals surface area contributed by atoms with Gasteiger partial charge in [0.15, 0.2) is 0 Å². The van der Waals surface area contributed by atoms with Gasteiger partial charge in [0, 0.05) is 11.7 Å². The van der Waals surface area contributed by atoms with Crippen molar-refractivity contribution in [2.75, 3.05) is 11.9 Å². The Morgan fingerprint density at radius 2 is 1.37 bits per heavy atom. The summed E-state index contributed by atoms with van der Waals surface area (Å²) in [5.74, 6) is -0.403. The molecular formula is C22H34N2O3. The number of amides is 2. The molecule has 1 aromatic carbocycles. The van der Waals surface area contributed by atoms with Gasteiger partial charge < -0.3 is 15.4 Å². The lowest BCUT2D eigenvalue weighted by Crippen LogP contribution is -2.41. The van der Waals surface area contributed by atoms with Crippen LogP contribution in [0.15, 0.2) is 24.3 Å². The largest absolute Gasteiger partial charge is 0.494 e. The predicted octanol–water partition coefficient (Wildman–Crippen LogP) is 4.81. The summed E-state index contributed by atoms with van der Waals surface area (Å²) in [5, 5.41) is 5.61. The average Bonchev–Trinajstić information content (AvgIpc) is 2.65. The third-order valence-corrected chi connectivity index (χ3v) is 5.07. The number of hydrogen-bond donors (Lipinski definition) is 2. The van der Waals surface area contributed by atoms with Crippen LogP contribution in [-0.4, -0.2) is 24.5 Å². The van der Waals surface area contributed by atoms with Gasteiger partial charge in [0.25, 0.3) is 0 Å². The van der Waals surface area contributed by atoms with Crippen molar-refractivity contribution in [3.63, 3.8) is 0 Å². The summed E-state index contributed by atoms with van der Waals surface area (Å²) < 4.78 is 5.38. The van der Waals surface area contributed by atoms with Crippen molar-refractivity contribution in [3.8, 4) is 5.75 Å². The fraction of sp³-hybridized carbons (Fsp3) is 0.636. The van der Waals surface area contributed by atoms with E-state index in [9.17, 15) is 9.59 Å². The highest BCUT2D eigenvalue weighted by Gasteiger charge is 2.18. The van der Waals surface area contributed by atoms with Gasteiger partial charge in [-0.2, -0.15) is 0 Å². The molecule has 0 spiro atoms. The van der Waals surface area contributed by atoms with Crippen LogP contribution in [0.25, 0.3) is 0 Å². The summed E-state index contributed by atoms with van der Waals surface area (Å²) in [4.78, 5) is 24.5. The Balaban J connectivity index is 1.81. The minimum Gasteiger partial charge on any atom is -0.494 e. The van der Waals surface area contributed by atoms with E-state index < -0.39 is 11.8 Å². The van der Waals surface area contributed by atoms with Gasteiger partial charge in [-0.15, -0.1) is 0 Å². The van der Waals surface area contributed by atoms with Crippen LogP contribution in [0, 0.1) is 0 Å². The molecule has 1 fully saturated rings. The summed E-state index contributed by atoms with van der Waals surface area (Å²) in [5.41, 5.74) is 0.595. The van der Waals surface area contributed by atoms with Crippen molar-refractivity contribution in [1.82, 2.24) is 5.32 Å². The fourth-order valence-corrected chi connectivity index (χ4v) is 3.55. The van der Waals surface area contributed by atoms with E-state index in [1.54, 1.807) is 24.3 Å². The summed E-state index contributed by atoms with van der Waals surface area (Å²) in [6, 6.07) is 7.15. The number of ether oxygens (including phenoxy) is 1. The molecule has 2 amide bonds. The molecule has 27 heavy (non-hydrogen) atoms. The molecule has 1 saturated carbocycles. The predicted molar refractivity (Wildman–Crippen MR) is 109 cm³/mol. The Labute approximate surface area is 163 Å². The minimum atomic E-state index is -0.606. The van der Waals surface area contributed by atoms with E-state index in [0.717, 1.165) is 31.4 Å². The highest BCUT2D eigenvalue weighted by atomic mass is 16.5. The van der Waals surface area contributed by atoms with Gasteiger partial charge in [0.1, 0.15) is 5.75 Å². The van der Waals surface area contributed by atoms with Crippen LogP contribution >= 0.6 is 0 Å². The number of hydrogen-bond acceptors (Lipinski definition) is 3. The summed E-state index contributed by atoms with van der Waals surface area (Å²) in [7, 11) is 0.